The molecule has 3 atom stereocenters. The normalized spacial score (nSPS) is 21.8. The van der Waals surface area contributed by atoms with Gasteiger partial charge in [0.2, 0.25) is 11.8 Å². The van der Waals surface area contributed by atoms with Crippen LogP contribution in [-0.2, 0) is 14.4 Å². The number of hydrogen-bond donors (Lipinski definition) is 2. The molecule has 2 aliphatic heterocycles. The summed E-state index contributed by atoms with van der Waals surface area (Å²) < 4.78 is 0. The Morgan fingerprint density at radius 2 is 1.76 bits per heavy atom. The summed E-state index contributed by atoms with van der Waals surface area (Å²) in [6, 6.07) is 8.50. The fourth-order valence-electron chi connectivity index (χ4n) is 3.91. The number of hydrogen-bond acceptors (Lipinski definition) is 5. The van der Waals surface area contributed by atoms with E-state index in [0.29, 0.717) is 6.42 Å². The first-order chi connectivity index (χ1) is 14.1. The predicted octanol–water partition coefficient (Wildman–Crippen LogP) is 2.88. The van der Waals surface area contributed by atoms with Crippen molar-refractivity contribution in [1.82, 2.24) is 15.8 Å². The zero-order valence-electron chi connectivity index (χ0n) is 17.0. The van der Waals surface area contributed by atoms with Gasteiger partial charge < -0.3 is 0 Å². The molecule has 29 heavy (non-hydrogen) atoms. The molecule has 7 nitrogen and oxygen atoms in total. The second-order valence-corrected chi connectivity index (χ2v) is 7.72. The molecule has 0 aliphatic carbocycles. The van der Waals surface area contributed by atoms with Crippen LogP contribution in [0.4, 0.5) is 0 Å². The van der Waals surface area contributed by atoms with Gasteiger partial charge in [0, 0.05) is 6.42 Å². The first-order valence-corrected chi connectivity index (χ1v) is 10.6. The summed E-state index contributed by atoms with van der Waals surface area (Å²) in [5.74, 6) is -1.76. The molecule has 0 radical (unpaired) electrons. The van der Waals surface area contributed by atoms with Crippen LogP contribution in [0.3, 0.4) is 0 Å². The highest BCUT2D eigenvalue weighted by Crippen LogP contribution is 2.29. The topological polar surface area (TPSA) is 90.9 Å². The fourth-order valence-corrected chi connectivity index (χ4v) is 3.91. The van der Waals surface area contributed by atoms with Gasteiger partial charge in [-0.15, -0.1) is 0 Å². The van der Waals surface area contributed by atoms with Crippen molar-refractivity contribution in [3.05, 3.63) is 35.9 Å². The number of nitrogens with one attached hydrogen (secondary N) is 2. The maximum atomic E-state index is 13.1. The standard InChI is InChI=1S/C22H30N4O3/c1-2-3-4-5-6-7-11-14-17(27)19(16-12-9-8-10-13-16)26-15-23-20-18(22(26)29)21(28)25-24-20/h8-10,12-13,15,18-20,24H,2-7,11,14H2,1H3,(H,25,28). The summed E-state index contributed by atoms with van der Waals surface area (Å²) >= 11 is 0. The second-order valence-electron chi connectivity index (χ2n) is 7.72. The summed E-state index contributed by atoms with van der Waals surface area (Å²) in [7, 11) is 0. The van der Waals surface area contributed by atoms with Crippen LogP contribution in [0.2, 0.25) is 0 Å². The van der Waals surface area contributed by atoms with Gasteiger partial charge in [-0.05, 0) is 12.0 Å². The number of amides is 2. The lowest BCUT2D eigenvalue weighted by molar-refractivity contribution is -0.143. The molecule has 1 saturated heterocycles. The highest BCUT2D eigenvalue weighted by molar-refractivity contribution is 6.09. The van der Waals surface area contributed by atoms with Crippen LogP contribution in [0.15, 0.2) is 35.3 Å². The Morgan fingerprint density at radius 3 is 2.48 bits per heavy atom. The van der Waals surface area contributed by atoms with Gasteiger partial charge in [0.05, 0.1) is 6.34 Å². The van der Waals surface area contributed by atoms with E-state index in [-0.39, 0.29) is 5.78 Å². The highest BCUT2D eigenvalue weighted by atomic mass is 16.2. The van der Waals surface area contributed by atoms with Crippen LogP contribution in [-0.4, -0.2) is 35.0 Å². The lowest BCUT2D eigenvalue weighted by Crippen LogP contribution is -2.49. The summed E-state index contributed by atoms with van der Waals surface area (Å²) in [6.07, 6.45) is 9.07. The zero-order chi connectivity index (χ0) is 20.6. The van der Waals surface area contributed by atoms with Gasteiger partial charge in [-0.25, -0.2) is 5.43 Å². The van der Waals surface area contributed by atoms with Crippen molar-refractivity contribution in [2.45, 2.75) is 70.5 Å². The maximum Gasteiger partial charge on any atom is 0.250 e. The lowest BCUT2D eigenvalue weighted by atomic mass is 9.94. The number of ketones is 1. The number of fused-ring (bicyclic) bond motifs is 1. The monoisotopic (exact) mass is 398 g/mol. The van der Waals surface area contributed by atoms with Crippen LogP contribution in [0.1, 0.15) is 69.9 Å². The van der Waals surface area contributed by atoms with Crippen LogP contribution in [0, 0.1) is 5.92 Å². The number of carbonyl (C=O) groups is 3. The molecular formula is C22H30N4O3. The molecule has 2 aliphatic rings. The smallest absolute Gasteiger partial charge is 0.250 e. The molecule has 0 aromatic heterocycles. The van der Waals surface area contributed by atoms with Crippen LogP contribution in [0.25, 0.3) is 0 Å². The molecular weight excluding hydrogens is 368 g/mol. The van der Waals surface area contributed by atoms with Crippen LogP contribution < -0.4 is 10.9 Å². The highest BCUT2D eigenvalue weighted by Gasteiger charge is 2.47. The Bertz CT molecular complexity index is 750. The van der Waals surface area contributed by atoms with Gasteiger partial charge in [-0.2, -0.15) is 0 Å². The largest absolute Gasteiger partial charge is 0.297 e. The van der Waals surface area contributed by atoms with E-state index >= 15 is 0 Å². The van der Waals surface area contributed by atoms with Crippen LogP contribution in [0.5, 0.6) is 0 Å². The van der Waals surface area contributed by atoms with Gasteiger partial charge in [0.15, 0.2) is 11.7 Å². The Kier molecular flexibility index (Phi) is 7.52. The van der Waals surface area contributed by atoms with Crippen molar-refractivity contribution in [2.24, 2.45) is 10.9 Å². The maximum absolute atomic E-state index is 13.1. The molecule has 0 bridgehead atoms. The van der Waals surface area contributed by atoms with Crippen molar-refractivity contribution in [1.29, 1.82) is 0 Å². The molecule has 1 aromatic carbocycles. The first kappa shape index (κ1) is 21.2. The van der Waals surface area contributed by atoms with E-state index in [1.807, 2.05) is 30.3 Å². The first-order valence-electron chi connectivity index (χ1n) is 10.6. The van der Waals surface area contributed by atoms with E-state index < -0.39 is 29.9 Å². The minimum Gasteiger partial charge on any atom is -0.297 e. The molecule has 2 amide bonds. The molecule has 0 spiro atoms. The number of benzene rings is 1. The van der Waals surface area contributed by atoms with Crippen molar-refractivity contribution < 1.29 is 14.4 Å². The number of unbranched alkanes of at least 4 members (excludes halogenated alkanes) is 6. The summed E-state index contributed by atoms with van der Waals surface area (Å²) in [4.78, 5) is 43.8. The fraction of sp³-hybridized carbons (Fsp3) is 0.545. The van der Waals surface area contributed by atoms with Gasteiger partial charge in [0.1, 0.15) is 12.2 Å². The van der Waals surface area contributed by atoms with E-state index in [4.69, 9.17) is 0 Å². The van der Waals surface area contributed by atoms with Gasteiger partial charge >= 0.3 is 0 Å². The SMILES string of the molecule is CCCCCCCCCC(=O)C(c1ccccc1)N1C=NC2NNC(=O)C2C1=O. The van der Waals surface area contributed by atoms with Crippen molar-refractivity contribution in [3.63, 3.8) is 0 Å². The van der Waals surface area contributed by atoms with Crippen molar-refractivity contribution in [3.8, 4) is 0 Å². The lowest BCUT2D eigenvalue weighted by Gasteiger charge is -2.32. The summed E-state index contributed by atoms with van der Waals surface area (Å²) in [6.45, 7) is 2.20. The van der Waals surface area contributed by atoms with E-state index in [1.165, 1.54) is 36.9 Å². The quantitative estimate of drug-likeness (QED) is 0.443. The van der Waals surface area contributed by atoms with E-state index in [1.54, 1.807) is 0 Å². The van der Waals surface area contributed by atoms with Crippen molar-refractivity contribution >= 4 is 23.9 Å². The molecule has 3 rings (SSSR count). The second kappa shape index (κ2) is 10.3. The molecule has 3 unspecified atom stereocenters. The Morgan fingerprint density at radius 1 is 1.07 bits per heavy atom. The third-order valence-electron chi connectivity index (χ3n) is 5.54. The molecule has 156 valence electrons. The average Bonchev–Trinajstić information content (AvgIpc) is 3.11. The molecule has 1 aromatic rings. The number of carbonyl (C=O) groups excluding carboxylic acids is 3. The van der Waals surface area contributed by atoms with Gasteiger partial charge in [0.25, 0.3) is 0 Å². The Labute approximate surface area is 171 Å². The summed E-state index contributed by atoms with van der Waals surface area (Å²) in [5, 5.41) is 0. The molecule has 2 N–H and O–H groups in total. The molecule has 2 heterocycles. The number of hydrazine groups is 1. The van der Waals surface area contributed by atoms with Gasteiger partial charge in [-0.3, -0.25) is 29.7 Å². The number of aliphatic imine (C=N–C) groups is 1. The number of Topliss-reactive ketones (excluding diaryl/α,β-unsaturated/α-hetero) is 1. The van der Waals surface area contributed by atoms with Crippen LogP contribution >= 0.6 is 0 Å². The van der Waals surface area contributed by atoms with Crippen molar-refractivity contribution in [2.75, 3.05) is 0 Å². The van der Waals surface area contributed by atoms with E-state index in [0.717, 1.165) is 24.8 Å². The van der Waals surface area contributed by atoms with E-state index in [2.05, 4.69) is 22.8 Å². The Hall–Kier alpha value is -2.54. The molecule has 0 saturated carbocycles. The zero-order valence-corrected chi connectivity index (χ0v) is 17.0. The minimum atomic E-state index is -0.933. The van der Waals surface area contributed by atoms with E-state index in [9.17, 15) is 14.4 Å². The molecule has 1 fully saturated rings. The number of rotatable bonds is 11. The molecule has 7 heteroatoms. The number of nitrogens with zero attached hydrogens (tertiary/aromatic N) is 2. The minimum absolute atomic E-state index is 0.0191. The predicted molar refractivity (Wildman–Crippen MR) is 111 cm³/mol. The Balaban J connectivity index is 1.68. The third-order valence-corrected chi connectivity index (χ3v) is 5.54. The third kappa shape index (κ3) is 5.09. The average molecular weight is 399 g/mol. The van der Waals surface area contributed by atoms with Gasteiger partial charge in [-0.1, -0.05) is 75.8 Å². The summed E-state index contributed by atoms with van der Waals surface area (Å²) in [5.41, 5.74) is 5.89.